The maximum Gasteiger partial charge on any atom is 0.294 e. The molecule has 2 aromatic rings. The Bertz CT molecular complexity index is 728. The molecule has 0 aliphatic heterocycles. The fourth-order valence-electron chi connectivity index (χ4n) is 1.25. The molecule has 0 unspecified atom stereocenters. The van der Waals surface area contributed by atoms with E-state index >= 15 is 0 Å². The zero-order valence-corrected chi connectivity index (χ0v) is 11.1. The van der Waals surface area contributed by atoms with Crippen LogP contribution in [-0.2, 0) is 10.1 Å². The van der Waals surface area contributed by atoms with Gasteiger partial charge in [0.2, 0.25) is 0 Å². The second-order valence-corrected chi connectivity index (χ2v) is 5.01. The van der Waals surface area contributed by atoms with Crippen LogP contribution in [0.3, 0.4) is 0 Å². The van der Waals surface area contributed by atoms with Crippen molar-refractivity contribution in [3.05, 3.63) is 65.7 Å². The molecule has 0 aliphatic carbocycles. The van der Waals surface area contributed by atoms with Crippen LogP contribution in [0.25, 0.3) is 0 Å². The van der Waals surface area contributed by atoms with Crippen molar-refractivity contribution < 1.29 is 13.0 Å². The van der Waals surface area contributed by atoms with E-state index in [2.05, 4.69) is 0 Å². The summed E-state index contributed by atoms with van der Waals surface area (Å²) in [7, 11) is -4.00. The van der Waals surface area contributed by atoms with E-state index in [0.717, 1.165) is 0 Å². The van der Waals surface area contributed by atoms with Crippen molar-refractivity contribution in [3.8, 4) is 12.1 Å². The largest absolute Gasteiger partial charge is 0.294 e. The summed E-state index contributed by atoms with van der Waals surface area (Å²) in [5.74, 6) is 0. The summed E-state index contributed by atoms with van der Waals surface area (Å²) in [6.45, 7) is 0. The summed E-state index contributed by atoms with van der Waals surface area (Å²) in [6.07, 6.45) is 0. The first-order valence-corrected chi connectivity index (χ1v) is 6.84. The van der Waals surface area contributed by atoms with Gasteiger partial charge in [0.05, 0.1) is 28.2 Å². The molecule has 20 heavy (non-hydrogen) atoms. The standard InChI is InChI=1S/C8H4N2.C6H6O3S/c9-5-7-2-1-3-8(4-7)6-10;7-10(8,9)6-4-2-1-3-5-6/h1-4H;1-5H,(H,7,8,9). The molecule has 0 heterocycles. The second-order valence-electron chi connectivity index (χ2n) is 3.59. The minimum absolute atomic E-state index is 0.0741. The molecule has 2 aromatic carbocycles. The van der Waals surface area contributed by atoms with Crippen molar-refractivity contribution >= 4 is 10.1 Å². The van der Waals surface area contributed by atoms with E-state index in [9.17, 15) is 8.42 Å². The number of benzene rings is 2. The summed E-state index contributed by atoms with van der Waals surface area (Å²) in [4.78, 5) is -0.0741. The molecule has 100 valence electrons. The van der Waals surface area contributed by atoms with Crippen LogP contribution in [0.4, 0.5) is 0 Å². The van der Waals surface area contributed by atoms with Crippen LogP contribution >= 0.6 is 0 Å². The highest BCUT2D eigenvalue weighted by Gasteiger charge is 2.05. The summed E-state index contributed by atoms with van der Waals surface area (Å²) in [5, 5.41) is 16.8. The van der Waals surface area contributed by atoms with Gasteiger partial charge in [0.1, 0.15) is 0 Å². The van der Waals surface area contributed by atoms with Gasteiger partial charge in [-0.1, -0.05) is 24.3 Å². The predicted molar refractivity (Wildman–Crippen MR) is 72.1 cm³/mol. The third-order valence-electron chi connectivity index (χ3n) is 2.16. The third kappa shape index (κ3) is 4.91. The number of nitriles is 2. The fraction of sp³-hybridized carbons (Fsp3) is 0. The average Bonchev–Trinajstić information content (AvgIpc) is 2.48. The third-order valence-corrected chi connectivity index (χ3v) is 3.03. The summed E-state index contributed by atoms with van der Waals surface area (Å²) in [5.41, 5.74) is 1.05. The van der Waals surface area contributed by atoms with Crippen LogP contribution in [0, 0.1) is 22.7 Å². The molecule has 0 amide bonds. The SMILES string of the molecule is N#Cc1cccc(C#N)c1.O=S(=O)(O)c1ccccc1. The Labute approximate surface area is 117 Å². The lowest BCUT2D eigenvalue weighted by atomic mass is 10.2. The Kier molecular flexibility index (Phi) is 5.42. The van der Waals surface area contributed by atoms with Crippen molar-refractivity contribution in [1.82, 2.24) is 0 Å². The van der Waals surface area contributed by atoms with Crippen molar-refractivity contribution in [2.45, 2.75) is 4.90 Å². The first kappa shape index (κ1) is 15.4. The van der Waals surface area contributed by atoms with Gasteiger partial charge in [-0.05, 0) is 30.3 Å². The van der Waals surface area contributed by atoms with Gasteiger partial charge < -0.3 is 0 Å². The first-order valence-electron chi connectivity index (χ1n) is 5.40. The van der Waals surface area contributed by atoms with E-state index in [0.29, 0.717) is 11.1 Å². The average molecular weight is 286 g/mol. The number of hydrogen-bond acceptors (Lipinski definition) is 4. The Morgan fingerprint density at radius 1 is 0.850 bits per heavy atom. The Morgan fingerprint density at radius 3 is 1.70 bits per heavy atom. The van der Waals surface area contributed by atoms with Gasteiger partial charge in [0.25, 0.3) is 10.1 Å². The molecule has 0 saturated heterocycles. The predicted octanol–water partition coefficient (Wildman–Crippen LogP) is 2.36. The minimum atomic E-state index is -4.00. The van der Waals surface area contributed by atoms with Crippen LogP contribution in [0.15, 0.2) is 59.5 Å². The van der Waals surface area contributed by atoms with Gasteiger partial charge in [0, 0.05) is 0 Å². The lowest BCUT2D eigenvalue weighted by Crippen LogP contribution is -1.96. The minimum Gasteiger partial charge on any atom is -0.282 e. The maximum absolute atomic E-state index is 10.4. The van der Waals surface area contributed by atoms with E-state index in [4.69, 9.17) is 15.1 Å². The van der Waals surface area contributed by atoms with Gasteiger partial charge >= 0.3 is 0 Å². The van der Waals surface area contributed by atoms with Gasteiger partial charge in [-0.3, -0.25) is 4.55 Å². The Balaban J connectivity index is 0.000000200. The van der Waals surface area contributed by atoms with Gasteiger partial charge in [-0.15, -0.1) is 0 Å². The van der Waals surface area contributed by atoms with Crippen molar-refractivity contribution in [3.63, 3.8) is 0 Å². The highest BCUT2D eigenvalue weighted by molar-refractivity contribution is 7.85. The topological polar surface area (TPSA) is 102 Å². The molecule has 1 N–H and O–H groups in total. The summed E-state index contributed by atoms with van der Waals surface area (Å²) in [6, 6.07) is 17.9. The Hall–Kier alpha value is -2.67. The molecule has 6 heteroatoms. The van der Waals surface area contributed by atoms with Crippen LogP contribution < -0.4 is 0 Å². The highest BCUT2D eigenvalue weighted by Crippen LogP contribution is 2.05. The molecular weight excluding hydrogens is 276 g/mol. The van der Waals surface area contributed by atoms with E-state index in [1.807, 2.05) is 12.1 Å². The lowest BCUT2D eigenvalue weighted by Gasteiger charge is -1.92. The molecule has 0 aliphatic rings. The normalized spacial score (nSPS) is 9.55. The van der Waals surface area contributed by atoms with Crippen LogP contribution in [0.5, 0.6) is 0 Å². The molecule has 2 rings (SSSR count). The molecule has 0 fully saturated rings. The smallest absolute Gasteiger partial charge is 0.282 e. The van der Waals surface area contributed by atoms with E-state index in [-0.39, 0.29) is 4.90 Å². The van der Waals surface area contributed by atoms with Crippen LogP contribution in [0.1, 0.15) is 11.1 Å². The van der Waals surface area contributed by atoms with Crippen molar-refractivity contribution in [1.29, 1.82) is 10.5 Å². The quantitative estimate of drug-likeness (QED) is 0.811. The number of rotatable bonds is 1. The van der Waals surface area contributed by atoms with E-state index < -0.39 is 10.1 Å². The summed E-state index contributed by atoms with van der Waals surface area (Å²) >= 11 is 0. The van der Waals surface area contributed by atoms with Gasteiger partial charge in [0.15, 0.2) is 0 Å². The van der Waals surface area contributed by atoms with Crippen molar-refractivity contribution in [2.75, 3.05) is 0 Å². The molecule has 0 spiro atoms. The van der Waals surface area contributed by atoms with Crippen molar-refractivity contribution in [2.24, 2.45) is 0 Å². The molecular formula is C14H10N2O3S. The van der Waals surface area contributed by atoms with Gasteiger partial charge in [-0.25, -0.2) is 0 Å². The molecule has 0 aromatic heterocycles. The zero-order chi connectivity index (χ0) is 15.0. The number of nitrogens with zero attached hydrogens (tertiary/aromatic N) is 2. The van der Waals surface area contributed by atoms with E-state index in [1.165, 1.54) is 12.1 Å². The first-order chi connectivity index (χ1) is 9.47. The number of hydrogen-bond donors (Lipinski definition) is 1. The monoisotopic (exact) mass is 286 g/mol. The lowest BCUT2D eigenvalue weighted by molar-refractivity contribution is 0.483. The van der Waals surface area contributed by atoms with Gasteiger partial charge in [-0.2, -0.15) is 18.9 Å². The maximum atomic E-state index is 10.4. The molecule has 0 radical (unpaired) electrons. The van der Waals surface area contributed by atoms with Crippen LogP contribution in [0.2, 0.25) is 0 Å². The zero-order valence-electron chi connectivity index (χ0n) is 10.3. The molecule has 0 atom stereocenters. The molecule has 0 saturated carbocycles. The fourth-order valence-corrected chi connectivity index (χ4v) is 1.75. The summed E-state index contributed by atoms with van der Waals surface area (Å²) < 4.78 is 29.2. The molecule has 0 bridgehead atoms. The second kappa shape index (κ2) is 7.05. The highest BCUT2D eigenvalue weighted by atomic mass is 32.2. The Morgan fingerprint density at radius 2 is 1.35 bits per heavy atom. The van der Waals surface area contributed by atoms with E-state index in [1.54, 1.807) is 42.5 Å². The van der Waals surface area contributed by atoms with Crippen LogP contribution in [-0.4, -0.2) is 13.0 Å². The molecule has 5 nitrogen and oxygen atoms in total.